The Morgan fingerprint density at radius 2 is 1.79 bits per heavy atom. The van der Waals surface area contributed by atoms with Gasteiger partial charge in [0.25, 0.3) is 0 Å². The van der Waals surface area contributed by atoms with Crippen molar-refractivity contribution in [1.29, 1.82) is 5.26 Å². The zero-order chi connectivity index (χ0) is 28.8. The van der Waals surface area contributed by atoms with Gasteiger partial charge in [0, 0.05) is 23.4 Å². The molecular formula is C25H36F3N5O5. The number of nitrogens with one attached hydrogen (secondary N) is 3. The van der Waals surface area contributed by atoms with Gasteiger partial charge in [0.15, 0.2) is 0 Å². The minimum Gasteiger partial charge on any atom is -0.380 e. The van der Waals surface area contributed by atoms with Gasteiger partial charge in [0.1, 0.15) is 18.1 Å². The first-order chi connectivity index (χ1) is 17.3. The molecule has 13 heteroatoms. The van der Waals surface area contributed by atoms with Crippen LogP contribution in [0.3, 0.4) is 0 Å². The van der Waals surface area contributed by atoms with Crippen LogP contribution in [0, 0.1) is 34.0 Å². The highest BCUT2D eigenvalue weighted by molar-refractivity contribution is 5.94. The number of nitrogens with zero attached hydrogens (tertiary/aromatic N) is 2. The smallest absolute Gasteiger partial charge is 0.380 e. The second-order valence-electron chi connectivity index (χ2n) is 12.4. The monoisotopic (exact) mass is 543 g/mol. The second kappa shape index (κ2) is 10.0. The minimum absolute atomic E-state index is 0.0402. The average molecular weight is 544 g/mol. The van der Waals surface area contributed by atoms with E-state index in [1.54, 1.807) is 6.92 Å². The van der Waals surface area contributed by atoms with E-state index in [0.29, 0.717) is 6.42 Å². The van der Waals surface area contributed by atoms with Crippen LogP contribution in [0.4, 0.5) is 13.2 Å². The van der Waals surface area contributed by atoms with Crippen LogP contribution in [0.2, 0.25) is 0 Å². The molecule has 3 aliphatic heterocycles. The molecule has 3 heterocycles. The number of carbonyl (C=O) groups excluding carboxylic acids is 4. The van der Waals surface area contributed by atoms with Gasteiger partial charge in [-0.05, 0) is 38.0 Å². The first-order valence-corrected chi connectivity index (χ1v) is 12.6. The van der Waals surface area contributed by atoms with Gasteiger partial charge in [0.05, 0.1) is 19.3 Å². The van der Waals surface area contributed by atoms with Gasteiger partial charge in [-0.15, -0.1) is 0 Å². The predicted molar refractivity (Wildman–Crippen MR) is 128 cm³/mol. The van der Waals surface area contributed by atoms with Crippen molar-refractivity contribution in [2.75, 3.05) is 19.8 Å². The van der Waals surface area contributed by atoms with Crippen molar-refractivity contribution >= 4 is 23.6 Å². The van der Waals surface area contributed by atoms with E-state index in [1.807, 2.05) is 39.1 Å². The van der Waals surface area contributed by atoms with Crippen molar-refractivity contribution < 1.29 is 37.1 Å². The highest BCUT2D eigenvalue weighted by atomic mass is 19.4. The van der Waals surface area contributed by atoms with E-state index in [9.17, 15) is 37.6 Å². The molecule has 5 atom stereocenters. The number of hydrogen-bond acceptors (Lipinski definition) is 6. The summed E-state index contributed by atoms with van der Waals surface area (Å²) in [7, 11) is 0. The van der Waals surface area contributed by atoms with Crippen LogP contribution in [0.15, 0.2) is 0 Å². The Hall–Kier alpha value is -2.88. The molecule has 5 unspecified atom stereocenters. The topological polar surface area (TPSA) is 141 Å². The van der Waals surface area contributed by atoms with E-state index < -0.39 is 70.2 Å². The Bertz CT molecular complexity index is 1030. The van der Waals surface area contributed by atoms with Crippen molar-refractivity contribution in [3.63, 3.8) is 0 Å². The molecule has 3 N–H and O–H groups in total. The molecule has 38 heavy (non-hydrogen) atoms. The number of rotatable bonds is 7. The quantitative estimate of drug-likeness (QED) is 0.442. The lowest BCUT2D eigenvalue weighted by molar-refractivity contribution is -0.182. The van der Waals surface area contributed by atoms with E-state index >= 15 is 0 Å². The normalized spacial score (nSPS) is 28.9. The number of hydrogen-bond donors (Lipinski definition) is 3. The largest absolute Gasteiger partial charge is 0.471 e. The van der Waals surface area contributed by atoms with Gasteiger partial charge in [-0.25, -0.2) is 0 Å². The molecule has 4 amide bonds. The van der Waals surface area contributed by atoms with Gasteiger partial charge >= 0.3 is 12.1 Å². The Morgan fingerprint density at radius 3 is 2.24 bits per heavy atom. The first-order valence-electron chi connectivity index (χ1n) is 12.6. The van der Waals surface area contributed by atoms with E-state index in [2.05, 4.69) is 10.6 Å². The van der Waals surface area contributed by atoms with Gasteiger partial charge < -0.3 is 25.6 Å². The van der Waals surface area contributed by atoms with Crippen LogP contribution in [-0.2, 0) is 23.9 Å². The number of alkyl halides is 3. The van der Waals surface area contributed by atoms with E-state index in [1.165, 1.54) is 11.8 Å². The van der Waals surface area contributed by atoms with Crippen molar-refractivity contribution in [1.82, 2.24) is 20.9 Å². The molecule has 0 aliphatic carbocycles. The summed E-state index contributed by atoms with van der Waals surface area (Å²) in [5.41, 5.74) is -2.12. The zero-order valence-corrected chi connectivity index (χ0v) is 22.5. The molecule has 0 spiro atoms. The molecule has 0 aromatic heterocycles. The van der Waals surface area contributed by atoms with Crippen LogP contribution in [0.5, 0.6) is 0 Å². The number of carbonyl (C=O) groups is 4. The van der Waals surface area contributed by atoms with Gasteiger partial charge in [-0.2, -0.15) is 18.4 Å². The average Bonchev–Trinajstić information content (AvgIpc) is 3.17. The van der Waals surface area contributed by atoms with Gasteiger partial charge in [-0.3, -0.25) is 19.2 Å². The summed E-state index contributed by atoms with van der Waals surface area (Å²) in [6.45, 7) is 10.6. The lowest BCUT2D eigenvalue weighted by Crippen LogP contribution is -2.65. The maximum absolute atomic E-state index is 13.7. The number of amides is 4. The van der Waals surface area contributed by atoms with Crippen molar-refractivity contribution in [3.05, 3.63) is 0 Å². The predicted octanol–water partition coefficient (Wildman–Crippen LogP) is 1.26. The van der Waals surface area contributed by atoms with Gasteiger partial charge in [0.2, 0.25) is 17.7 Å². The molecule has 0 saturated carbocycles. The third kappa shape index (κ3) is 5.90. The van der Waals surface area contributed by atoms with Crippen LogP contribution < -0.4 is 16.0 Å². The van der Waals surface area contributed by atoms with Crippen LogP contribution in [-0.4, -0.2) is 78.1 Å². The van der Waals surface area contributed by atoms with Gasteiger partial charge in [-0.1, -0.05) is 27.7 Å². The summed E-state index contributed by atoms with van der Waals surface area (Å²) in [5.74, 6) is -4.84. The molecule has 0 aromatic carbocycles. The lowest BCUT2D eigenvalue weighted by Gasteiger charge is -2.45. The highest BCUT2D eigenvalue weighted by Crippen LogP contribution is 2.42. The number of ether oxygens (including phenoxy) is 1. The Balaban J connectivity index is 1.83. The van der Waals surface area contributed by atoms with Crippen LogP contribution in [0.25, 0.3) is 0 Å². The Labute approximate surface area is 220 Å². The van der Waals surface area contributed by atoms with E-state index in [4.69, 9.17) is 4.74 Å². The summed E-state index contributed by atoms with van der Waals surface area (Å²) in [6, 6.07) is -1.68. The fourth-order valence-electron chi connectivity index (χ4n) is 5.54. The molecule has 3 saturated heterocycles. The molecule has 0 aromatic rings. The van der Waals surface area contributed by atoms with Crippen molar-refractivity contribution in [2.45, 2.75) is 84.2 Å². The summed E-state index contributed by atoms with van der Waals surface area (Å²) >= 11 is 0. The highest BCUT2D eigenvalue weighted by Gasteiger charge is 2.56. The van der Waals surface area contributed by atoms with Crippen molar-refractivity contribution in [2.24, 2.45) is 22.7 Å². The Kier molecular flexibility index (Phi) is 7.82. The minimum atomic E-state index is -5.20. The SMILES string of the molecule is CC1C(C(=O)NC(C#N)CC2CC(C)(C)NC2=O)N(C(=O)C(NC(=O)C(F)(F)F)C2(C)COC2)CC1(C)C. The van der Waals surface area contributed by atoms with Crippen LogP contribution >= 0.6 is 0 Å². The molecule has 3 fully saturated rings. The number of halogens is 3. The second-order valence-corrected chi connectivity index (χ2v) is 12.4. The van der Waals surface area contributed by atoms with Crippen molar-refractivity contribution in [3.8, 4) is 6.07 Å². The third-order valence-electron chi connectivity index (χ3n) is 8.09. The molecule has 212 valence electrons. The number of nitriles is 1. The zero-order valence-electron chi connectivity index (χ0n) is 22.5. The molecule has 10 nitrogen and oxygen atoms in total. The molecule has 0 bridgehead atoms. The Morgan fingerprint density at radius 1 is 1.18 bits per heavy atom. The molecule has 0 radical (unpaired) electrons. The molecular weight excluding hydrogens is 507 g/mol. The lowest BCUT2D eigenvalue weighted by atomic mass is 9.79. The van der Waals surface area contributed by atoms with E-state index in [-0.39, 0.29) is 32.1 Å². The maximum Gasteiger partial charge on any atom is 0.471 e. The fourth-order valence-corrected chi connectivity index (χ4v) is 5.54. The summed E-state index contributed by atoms with van der Waals surface area (Å²) in [6.07, 6.45) is -4.64. The summed E-state index contributed by atoms with van der Waals surface area (Å²) < 4.78 is 44.4. The maximum atomic E-state index is 13.7. The summed E-state index contributed by atoms with van der Waals surface area (Å²) in [5, 5.41) is 17.0. The summed E-state index contributed by atoms with van der Waals surface area (Å²) in [4.78, 5) is 52.6. The standard InChI is InChI=1S/C25H36F3N5O5/c1-13-16(19(35)30-15(9-29)7-14-8-23(4,5)32-18(14)34)33(10-22(13,2)3)20(36)17(24(6)11-38-12-24)31-21(37)25(26,27)28/h13-17H,7-8,10-12H2,1-6H3,(H,30,35)(H,31,37)(H,32,34). The van der Waals surface area contributed by atoms with E-state index in [0.717, 1.165) is 0 Å². The van der Waals surface area contributed by atoms with Crippen LogP contribution in [0.1, 0.15) is 54.4 Å². The number of likely N-dealkylation sites (tertiary alicyclic amines) is 1. The fraction of sp³-hybridized carbons (Fsp3) is 0.800. The molecule has 3 rings (SSSR count). The third-order valence-corrected chi connectivity index (χ3v) is 8.09. The first kappa shape index (κ1) is 29.7. The molecule has 3 aliphatic rings.